The van der Waals surface area contributed by atoms with Crippen LogP contribution in [-0.2, 0) is 13.0 Å². The van der Waals surface area contributed by atoms with E-state index in [1.165, 1.54) is 17.7 Å². The van der Waals surface area contributed by atoms with E-state index in [9.17, 15) is 4.39 Å². The zero-order valence-corrected chi connectivity index (χ0v) is 11.4. The molecule has 1 aromatic heterocycles. The van der Waals surface area contributed by atoms with Gasteiger partial charge in [0.15, 0.2) is 0 Å². The number of nitrogens with zero attached hydrogens (tertiary/aromatic N) is 3. The zero-order chi connectivity index (χ0) is 14.0. The number of nitriles is 1. The number of benzene rings is 1. The lowest BCUT2D eigenvalue weighted by Gasteiger charge is -2.06. The van der Waals surface area contributed by atoms with E-state index in [4.69, 9.17) is 5.26 Å². The van der Waals surface area contributed by atoms with Crippen LogP contribution in [0.1, 0.15) is 35.0 Å². The number of aryl methyl sites for hydroxylation is 1. The third-order valence-electron chi connectivity index (χ3n) is 3.30. The van der Waals surface area contributed by atoms with E-state index < -0.39 is 0 Å². The summed E-state index contributed by atoms with van der Waals surface area (Å²) in [5.41, 5.74) is 4.44. The molecular formula is C15H16FN3. The maximum Gasteiger partial charge on any atom is 0.124 e. The van der Waals surface area contributed by atoms with Crippen molar-refractivity contribution in [1.82, 2.24) is 9.78 Å². The fourth-order valence-electron chi connectivity index (χ4n) is 2.38. The number of hydrogen-bond acceptors (Lipinski definition) is 2. The molecule has 0 atom stereocenters. The van der Waals surface area contributed by atoms with Crippen LogP contribution >= 0.6 is 0 Å². The highest BCUT2D eigenvalue weighted by molar-refractivity contribution is 5.34. The lowest BCUT2D eigenvalue weighted by Crippen LogP contribution is -2.05. The minimum Gasteiger partial charge on any atom is -0.265 e. The van der Waals surface area contributed by atoms with Gasteiger partial charge in [0.2, 0.25) is 0 Å². The van der Waals surface area contributed by atoms with Crippen LogP contribution in [0.5, 0.6) is 0 Å². The fraction of sp³-hybridized carbons (Fsp3) is 0.333. The van der Waals surface area contributed by atoms with E-state index in [2.05, 4.69) is 12.0 Å². The van der Waals surface area contributed by atoms with Crippen LogP contribution in [0.2, 0.25) is 0 Å². The van der Waals surface area contributed by atoms with Gasteiger partial charge in [0, 0.05) is 5.69 Å². The first-order valence-electron chi connectivity index (χ1n) is 6.27. The quantitative estimate of drug-likeness (QED) is 0.847. The average molecular weight is 257 g/mol. The summed E-state index contributed by atoms with van der Waals surface area (Å²) < 4.78 is 15.3. The monoisotopic (exact) mass is 257 g/mol. The van der Waals surface area contributed by atoms with Gasteiger partial charge in [0.1, 0.15) is 5.82 Å². The van der Waals surface area contributed by atoms with Gasteiger partial charge < -0.3 is 0 Å². The molecule has 0 amide bonds. The number of hydrogen-bond donors (Lipinski definition) is 0. The average Bonchev–Trinajstić information content (AvgIpc) is 2.63. The molecular weight excluding hydrogens is 241 g/mol. The zero-order valence-electron chi connectivity index (χ0n) is 11.4. The predicted octanol–water partition coefficient (Wildman–Crippen LogP) is 3.12. The molecule has 0 fully saturated rings. The highest BCUT2D eigenvalue weighted by atomic mass is 19.1. The SMILES string of the molecule is CCc1c(C)nn(Cc2cc(F)cc(C#N)c2)c1C. The van der Waals surface area contributed by atoms with Crippen molar-refractivity contribution in [3.05, 3.63) is 52.1 Å². The van der Waals surface area contributed by atoms with Crippen LogP contribution in [0.3, 0.4) is 0 Å². The molecule has 0 aliphatic carbocycles. The Bertz CT molecular complexity index is 650. The number of rotatable bonds is 3. The molecule has 0 aliphatic rings. The van der Waals surface area contributed by atoms with Gasteiger partial charge in [-0.05, 0) is 49.6 Å². The molecule has 1 aromatic carbocycles. The molecule has 0 bridgehead atoms. The van der Waals surface area contributed by atoms with Crippen LogP contribution in [0.25, 0.3) is 0 Å². The maximum atomic E-state index is 13.4. The van der Waals surface area contributed by atoms with Crippen molar-refractivity contribution in [3.8, 4) is 6.07 Å². The van der Waals surface area contributed by atoms with Gasteiger partial charge in [-0.2, -0.15) is 10.4 Å². The van der Waals surface area contributed by atoms with Gasteiger partial charge in [0.05, 0.1) is 23.9 Å². The molecule has 0 spiro atoms. The van der Waals surface area contributed by atoms with Gasteiger partial charge in [-0.3, -0.25) is 4.68 Å². The number of aromatic nitrogens is 2. The van der Waals surface area contributed by atoms with Crippen molar-refractivity contribution in [1.29, 1.82) is 5.26 Å². The molecule has 0 saturated carbocycles. The van der Waals surface area contributed by atoms with Gasteiger partial charge in [-0.15, -0.1) is 0 Å². The molecule has 0 saturated heterocycles. The van der Waals surface area contributed by atoms with Crippen LogP contribution in [0.4, 0.5) is 4.39 Å². The molecule has 0 radical (unpaired) electrons. The van der Waals surface area contributed by atoms with E-state index in [1.54, 1.807) is 6.07 Å². The summed E-state index contributed by atoms with van der Waals surface area (Å²) >= 11 is 0. The second kappa shape index (κ2) is 5.23. The van der Waals surface area contributed by atoms with E-state index >= 15 is 0 Å². The molecule has 98 valence electrons. The summed E-state index contributed by atoms with van der Waals surface area (Å²) in [4.78, 5) is 0. The van der Waals surface area contributed by atoms with Crippen molar-refractivity contribution in [3.63, 3.8) is 0 Å². The van der Waals surface area contributed by atoms with Crippen molar-refractivity contribution in [2.75, 3.05) is 0 Å². The van der Waals surface area contributed by atoms with E-state index in [0.717, 1.165) is 23.4 Å². The Kier molecular flexibility index (Phi) is 3.66. The maximum absolute atomic E-state index is 13.4. The van der Waals surface area contributed by atoms with Crippen molar-refractivity contribution < 1.29 is 4.39 Å². The summed E-state index contributed by atoms with van der Waals surface area (Å²) in [6.07, 6.45) is 0.935. The Morgan fingerprint density at radius 3 is 2.63 bits per heavy atom. The van der Waals surface area contributed by atoms with Crippen molar-refractivity contribution >= 4 is 0 Å². The van der Waals surface area contributed by atoms with E-state index in [1.807, 2.05) is 24.6 Å². The van der Waals surface area contributed by atoms with Gasteiger partial charge in [-0.25, -0.2) is 4.39 Å². The Labute approximate surface area is 112 Å². The minimum atomic E-state index is -0.383. The lowest BCUT2D eigenvalue weighted by molar-refractivity contribution is 0.615. The van der Waals surface area contributed by atoms with Crippen LogP contribution in [0.15, 0.2) is 18.2 Å². The number of halogens is 1. The van der Waals surface area contributed by atoms with Crippen LogP contribution in [0, 0.1) is 31.0 Å². The molecule has 0 aliphatic heterocycles. The minimum absolute atomic E-state index is 0.340. The normalized spacial score (nSPS) is 10.5. The van der Waals surface area contributed by atoms with Gasteiger partial charge in [-0.1, -0.05) is 6.92 Å². The molecule has 2 rings (SSSR count). The summed E-state index contributed by atoms with van der Waals surface area (Å²) in [7, 11) is 0. The molecule has 2 aromatic rings. The Balaban J connectivity index is 2.37. The molecule has 0 unspecified atom stereocenters. The van der Waals surface area contributed by atoms with Gasteiger partial charge in [0.25, 0.3) is 0 Å². The second-order valence-corrected chi connectivity index (χ2v) is 4.62. The molecule has 0 N–H and O–H groups in total. The predicted molar refractivity (Wildman–Crippen MR) is 71.3 cm³/mol. The second-order valence-electron chi connectivity index (χ2n) is 4.62. The van der Waals surface area contributed by atoms with E-state index in [0.29, 0.717) is 12.1 Å². The third kappa shape index (κ3) is 2.65. The summed E-state index contributed by atoms with van der Waals surface area (Å²) in [5.74, 6) is -0.383. The fourth-order valence-corrected chi connectivity index (χ4v) is 2.38. The third-order valence-corrected chi connectivity index (χ3v) is 3.30. The topological polar surface area (TPSA) is 41.6 Å². The molecule has 1 heterocycles. The van der Waals surface area contributed by atoms with Gasteiger partial charge >= 0.3 is 0 Å². The smallest absolute Gasteiger partial charge is 0.124 e. The highest BCUT2D eigenvalue weighted by Crippen LogP contribution is 2.16. The summed E-state index contributed by atoms with van der Waals surface area (Å²) in [6.45, 7) is 6.58. The molecule has 3 nitrogen and oxygen atoms in total. The first-order chi connectivity index (χ1) is 9.05. The first-order valence-corrected chi connectivity index (χ1v) is 6.27. The Morgan fingerprint density at radius 2 is 2.05 bits per heavy atom. The Hall–Kier alpha value is -2.15. The van der Waals surface area contributed by atoms with E-state index in [-0.39, 0.29) is 5.82 Å². The Morgan fingerprint density at radius 1 is 1.32 bits per heavy atom. The lowest BCUT2D eigenvalue weighted by atomic mass is 10.1. The molecule has 4 heteroatoms. The summed E-state index contributed by atoms with van der Waals surface area (Å²) in [6, 6.07) is 6.35. The van der Waals surface area contributed by atoms with Crippen molar-refractivity contribution in [2.24, 2.45) is 0 Å². The molecule has 19 heavy (non-hydrogen) atoms. The standard InChI is InChI=1S/C15H16FN3/c1-4-15-10(2)18-19(11(15)3)9-13-5-12(8-17)6-14(16)7-13/h5-7H,4,9H2,1-3H3. The van der Waals surface area contributed by atoms with Crippen LogP contribution < -0.4 is 0 Å². The van der Waals surface area contributed by atoms with Crippen molar-refractivity contribution in [2.45, 2.75) is 33.7 Å². The highest BCUT2D eigenvalue weighted by Gasteiger charge is 2.10. The first kappa shape index (κ1) is 13.3. The summed E-state index contributed by atoms with van der Waals surface area (Å²) in [5, 5.41) is 13.3. The van der Waals surface area contributed by atoms with Crippen LogP contribution in [-0.4, -0.2) is 9.78 Å². The largest absolute Gasteiger partial charge is 0.265 e.